The number of hydrogen-bond donors (Lipinski definition) is 1. The van der Waals surface area contributed by atoms with E-state index in [2.05, 4.69) is 4.98 Å². The van der Waals surface area contributed by atoms with Gasteiger partial charge in [0.05, 0.1) is 0 Å². The highest BCUT2D eigenvalue weighted by Crippen LogP contribution is 2.12. The molecule has 2 N–H and O–H groups in total. The van der Waals surface area contributed by atoms with Gasteiger partial charge in [-0.05, 0) is 6.07 Å². The van der Waals surface area contributed by atoms with Gasteiger partial charge >= 0.3 is 11.8 Å². The maximum Gasteiger partial charge on any atom is 0.312 e. The Bertz CT molecular complexity index is 546. The number of aromatic nitrogens is 1. The molecule has 7 heteroatoms. The molecule has 1 fully saturated rings. The molecule has 1 saturated heterocycles. The summed E-state index contributed by atoms with van der Waals surface area (Å²) in [6, 6.07) is 3.55. The highest BCUT2D eigenvalue weighted by atomic mass is 32.1. The number of amides is 2. The van der Waals surface area contributed by atoms with Crippen molar-refractivity contribution in [2.24, 2.45) is 5.73 Å². The van der Waals surface area contributed by atoms with Crippen LogP contribution in [0.5, 0.6) is 0 Å². The van der Waals surface area contributed by atoms with Crippen LogP contribution >= 0.6 is 12.2 Å². The minimum Gasteiger partial charge on any atom is -0.388 e. The Morgan fingerprint density at radius 3 is 2.84 bits per heavy atom. The number of pyridine rings is 1. The molecule has 2 amide bonds. The van der Waals surface area contributed by atoms with Crippen LogP contribution in [0.15, 0.2) is 18.3 Å². The molecule has 2 heterocycles. The second-order valence-electron chi connectivity index (χ2n) is 4.33. The van der Waals surface area contributed by atoms with Gasteiger partial charge in [0.25, 0.3) is 0 Å². The van der Waals surface area contributed by atoms with Crippen molar-refractivity contribution in [3.8, 4) is 0 Å². The van der Waals surface area contributed by atoms with Crippen molar-refractivity contribution in [3.63, 3.8) is 0 Å². The molecule has 1 aromatic rings. The minimum atomic E-state index is -0.508. The fraction of sp³-hybridized carbons (Fsp3) is 0.333. The van der Waals surface area contributed by atoms with Crippen molar-refractivity contribution < 1.29 is 9.59 Å². The Morgan fingerprint density at radius 1 is 1.42 bits per heavy atom. The maximum absolute atomic E-state index is 11.9. The van der Waals surface area contributed by atoms with Crippen LogP contribution in [0.2, 0.25) is 0 Å². The fourth-order valence-electron chi connectivity index (χ4n) is 1.92. The third kappa shape index (κ3) is 2.70. The van der Waals surface area contributed by atoms with Gasteiger partial charge in [-0.2, -0.15) is 0 Å². The van der Waals surface area contributed by atoms with Crippen molar-refractivity contribution in [2.75, 3.05) is 20.1 Å². The van der Waals surface area contributed by atoms with Gasteiger partial charge < -0.3 is 15.5 Å². The molecule has 0 aromatic carbocycles. The number of hydrogen-bond acceptors (Lipinski definition) is 4. The summed E-state index contributed by atoms with van der Waals surface area (Å²) >= 11 is 4.93. The molecule has 19 heavy (non-hydrogen) atoms. The molecule has 0 bridgehead atoms. The van der Waals surface area contributed by atoms with E-state index in [1.165, 1.54) is 9.80 Å². The van der Waals surface area contributed by atoms with Crippen LogP contribution in [0.3, 0.4) is 0 Å². The molecule has 0 spiro atoms. The Morgan fingerprint density at radius 2 is 2.16 bits per heavy atom. The summed E-state index contributed by atoms with van der Waals surface area (Å²) in [5, 5.41) is 0. The molecule has 1 aliphatic heterocycles. The van der Waals surface area contributed by atoms with Crippen molar-refractivity contribution >= 4 is 29.0 Å². The van der Waals surface area contributed by atoms with Crippen LogP contribution in [0.1, 0.15) is 11.3 Å². The molecule has 2 rings (SSSR count). The third-order valence-electron chi connectivity index (χ3n) is 3.01. The monoisotopic (exact) mass is 278 g/mol. The largest absolute Gasteiger partial charge is 0.388 e. The molecular formula is C12H14N4O2S. The van der Waals surface area contributed by atoms with Crippen LogP contribution in [0.4, 0.5) is 0 Å². The van der Waals surface area contributed by atoms with E-state index in [0.29, 0.717) is 25.3 Å². The van der Waals surface area contributed by atoms with E-state index in [4.69, 9.17) is 18.0 Å². The third-order valence-corrected chi connectivity index (χ3v) is 3.20. The topological polar surface area (TPSA) is 79.5 Å². The summed E-state index contributed by atoms with van der Waals surface area (Å²) in [4.78, 5) is 30.7. The lowest BCUT2D eigenvalue weighted by atomic mass is 10.1. The standard InChI is InChI=1S/C12H14N4O2S/c1-15-5-6-16(12(18)11(15)17)7-8-3-2-4-14-9(8)10(13)19/h2-4H,5-7H2,1H3,(H2,13,19). The van der Waals surface area contributed by atoms with Gasteiger partial charge in [-0.25, -0.2) is 0 Å². The predicted octanol–water partition coefficient (Wildman–Crippen LogP) is -0.484. The van der Waals surface area contributed by atoms with E-state index in [1.54, 1.807) is 25.4 Å². The zero-order chi connectivity index (χ0) is 14.0. The fourth-order valence-corrected chi connectivity index (χ4v) is 2.10. The number of likely N-dealkylation sites (N-methyl/N-ethyl adjacent to an activating group) is 1. The van der Waals surface area contributed by atoms with Gasteiger partial charge in [0.15, 0.2) is 0 Å². The van der Waals surface area contributed by atoms with Crippen LogP contribution in [-0.4, -0.2) is 51.7 Å². The van der Waals surface area contributed by atoms with Gasteiger partial charge in [-0.3, -0.25) is 14.6 Å². The second-order valence-corrected chi connectivity index (χ2v) is 4.77. The van der Waals surface area contributed by atoms with Crippen molar-refractivity contribution in [3.05, 3.63) is 29.6 Å². The zero-order valence-electron chi connectivity index (χ0n) is 10.5. The van der Waals surface area contributed by atoms with E-state index >= 15 is 0 Å². The number of thiocarbonyl (C=S) groups is 1. The average molecular weight is 278 g/mol. The summed E-state index contributed by atoms with van der Waals surface area (Å²) in [5.41, 5.74) is 6.84. The highest BCUT2D eigenvalue weighted by molar-refractivity contribution is 7.80. The van der Waals surface area contributed by atoms with E-state index in [-0.39, 0.29) is 4.99 Å². The van der Waals surface area contributed by atoms with Gasteiger partial charge in [-0.1, -0.05) is 18.3 Å². The Kier molecular flexibility index (Phi) is 3.75. The number of carbonyl (C=O) groups is 2. The van der Waals surface area contributed by atoms with Crippen molar-refractivity contribution in [1.82, 2.24) is 14.8 Å². The molecule has 0 saturated carbocycles. The SMILES string of the molecule is CN1CCN(Cc2cccnc2C(N)=S)C(=O)C1=O. The van der Waals surface area contributed by atoms with Gasteiger partial charge in [0.2, 0.25) is 0 Å². The van der Waals surface area contributed by atoms with E-state index in [9.17, 15) is 9.59 Å². The van der Waals surface area contributed by atoms with Crippen LogP contribution in [0, 0.1) is 0 Å². The van der Waals surface area contributed by atoms with Gasteiger partial charge in [0.1, 0.15) is 10.7 Å². The predicted molar refractivity (Wildman–Crippen MR) is 73.2 cm³/mol. The zero-order valence-corrected chi connectivity index (χ0v) is 11.3. The molecule has 0 aliphatic carbocycles. The quantitative estimate of drug-likeness (QED) is 0.596. The highest BCUT2D eigenvalue weighted by Gasteiger charge is 2.30. The maximum atomic E-state index is 11.9. The molecule has 0 unspecified atom stereocenters. The summed E-state index contributed by atoms with van der Waals surface area (Å²) in [7, 11) is 1.61. The normalized spacial score (nSPS) is 15.8. The Labute approximate surface area is 116 Å². The molecule has 1 aliphatic rings. The summed E-state index contributed by atoms with van der Waals surface area (Å²) < 4.78 is 0. The summed E-state index contributed by atoms with van der Waals surface area (Å²) in [6.45, 7) is 1.30. The molecule has 0 radical (unpaired) electrons. The number of rotatable bonds is 3. The minimum absolute atomic E-state index is 0.184. The lowest BCUT2D eigenvalue weighted by Gasteiger charge is -2.31. The lowest BCUT2D eigenvalue weighted by Crippen LogP contribution is -2.52. The first-order valence-electron chi connectivity index (χ1n) is 5.78. The summed E-state index contributed by atoms with van der Waals surface area (Å²) in [6.07, 6.45) is 1.59. The van der Waals surface area contributed by atoms with Crippen LogP contribution in [0.25, 0.3) is 0 Å². The van der Waals surface area contributed by atoms with Gasteiger partial charge in [-0.15, -0.1) is 0 Å². The van der Waals surface area contributed by atoms with Gasteiger partial charge in [0, 0.05) is 38.4 Å². The first kappa shape index (κ1) is 13.4. The van der Waals surface area contributed by atoms with Crippen LogP contribution < -0.4 is 5.73 Å². The van der Waals surface area contributed by atoms with Crippen molar-refractivity contribution in [1.29, 1.82) is 0 Å². The second kappa shape index (κ2) is 5.31. The molecule has 100 valence electrons. The molecular weight excluding hydrogens is 264 g/mol. The molecule has 1 aromatic heterocycles. The van der Waals surface area contributed by atoms with Crippen LogP contribution in [-0.2, 0) is 16.1 Å². The Balaban J connectivity index is 2.20. The van der Waals surface area contributed by atoms with Crippen molar-refractivity contribution in [2.45, 2.75) is 6.54 Å². The lowest BCUT2D eigenvalue weighted by molar-refractivity contribution is -0.155. The summed E-state index contributed by atoms with van der Waals surface area (Å²) in [5.74, 6) is -1.00. The number of nitrogens with two attached hydrogens (primary N) is 1. The first-order valence-corrected chi connectivity index (χ1v) is 6.19. The molecule has 6 nitrogen and oxygen atoms in total. The number of carbonyl (C=O) groups excluding carboxylic acids is 2. The average Bonchev–Trinajstić information content (AvgIpc) is 2.40. The Hall–Kier alpha value is -2.02. The van der Waals surface area contributed by atoms with E-state index < -0.39 is 11.8 Å². The smallest absolute Gasteiger partial charge is 0.312 e. The molecule has 0 atom stereocenters. The van der Waals surface area contributed by atoms with E-state index in [0.717, 1.165) is 5.56 Å². The van der Waals surface area contributed by atoms with E-state index in [1.807, 2.05) is 0 Å². The number of piperazine rings is 1. The number of nitrogens with zero attached hydrogens (tertiary/aromatic N) is 3. The first-order chi connectivity index (χ1) is 9.00.